The van der Waals surface area contributed by atoms with E-state index in [0.29, 0.717) is 12.4 Å². The zero-order valence-electron chi connectivity index (χ0n) is 6.79. The van der Waals surface area contributed by atoms with Gasteiger partial charge < -0.3 is 4.74 Å². The van der Waals surface area contributed by atoms with Gasteiger partial charge in [-0.25, -0.2) is 4.79 Å². The van der Waals surface area contributed by atoms with E-state index in [1.165, 1.54) is 0 Å². The Hall–Kier alpha value is -1.10. The smallest absolute Gasteiger partial charge is 0.367 e. The Balaban J connectivity index is 2.34. The predicted molar refractivity (Wildman–Crippen MR) is 39.7 cm³/mol. The molecule has 2 heterocycles. The number of hydrogen-bond acceptors (Lipinski definition) is 4. The first-order valence-corrected chi connectivity index (χ1v) is 3.91. The molecule has 2 rings (SSSR count). The van der Waals surface area contributed by atoms with E-state index in [9.17, 15) is 4.79 Å². The van der Waals surface area contributed by atoms with Crippen molar-refractivity contribution in [2.45, 2.75) is 25.4 Å². The van der Waals surface area contributed by atoms with E-state index in [-0.39, 0.29) is 0 Å². The van der Waals surface area contributed by atoms with Crippen LogP contribution in [0.4, 0.5) is 0 Å². The van der Waals surface area contributed by atoms with E-state index in [1.807, 2.05) is 6.92 Å². The fourth-order valence-corrected chi connectivity index (χ4v) is 1.42. The van der Waals surface area contributed by atoms with Crippen molar-refractivity contribution >= 4 is 0 Å². The Morgan fingerprint density at radius 3 is 3.00 bits per heavy atom. The number of ether oxygens (including phenoxy) is 1. The number of H-pyrrole nitrogens is 1. The number of aromatic amines is 1. The van der Waals surface area contributed by atoms with Gasteiger partial charge in [0, 0.05) is 6.61 Å². The summed E-state index contributed by atoms with van der Waals surface area (Å²) in [7, 11) is 0. The van der Waals surface area contributed by atoms with Gasteiger partial charge in [0.15, 0.2) is 5.82 Å². The lowest BCUT2D eigenvalue weighted by Gasteiger charge is -2.17. The minimum Gasteiger partial charge on any atom is -0.367 e. The van der Waals surface area contributed by atoms with Crippen LogP contribution in [-0.4, -0.2) is 16.7 Å². The van der Waals surface area contributed by atoms with Crippen molar-refractivity contribution in [1.82, 2.24) is 10.1 Å². The summed E-state index contributed by atoms with van der Waals surface area (Å²) in [5, 5.41) is 3.60. The molecule has 1 N–H and O–H groups in total. The molecule has 1 unspecified atom stereocenters. The summed E-state index contributed by atoms with van der Waals surface area (Å²) in [5.74, 6) is -0.0354. The second-order valence-corrected chi connectivity index (χ2v) is 3.13. The fraction of sp³-hybridized carbons (Fsp3) is 0.714. The van der Waals surface area contributed by atoms with E-state index in [4.69, 9.17) is 4.74 Å². The number of nitrogens with one attached hydrogen (secondary N) is 1. The highest BCUT2D eigenvalue weighted by Crippen LogP contribution is 2.32. The Kier molecular flexibility index (Phi) is 1.54. The van der Waals surface area contributed by atoms with Crippen molar-refractivity contribution in [3.8, 4) is 0 Å². The van der Waals surface area contributed by atoms with Crippen LogP contribution in [0, 0.1) is 0 Å². The first-order chi connectivity index (χ1) is 5.71. The van der Waals surface area contributed by atoms with E-state index in [0.717, 1.165) is 12.8 Å². The molecule has 1 atom stereocenters. The second-order valence-electron chi connectivity index (χ2n) is 3.13. The molecule has 1 fully saturated rings. The molecule has 1 aromatic heterocycles. The average molecular weight is 170 g/mol. The first-order valence-electron chi connectivity index (χ1n) is 3.91. The molecule has 0 amide bonds. The van der Waals surface area contributed by atoms with Crippen molar-refractivity contribution in [3.05, 3.63) is 16.4 Å². The van der Waals surface area contributed by atoms with Gasteiger partial charge >= 0.3 is 5.76 Å². The van der Waals surface area contributed by atoms with Gasteiger partial charge in [0.1, 0.15) is 5.60 Å². The van der Waals surface area contributed by atoms with Crippen LogP contribution in [0.1, 0.15) is 25.6 Å². The first kappa shape index (κ1) is 7.54. The summed E-state index contributed by atoms with van der Waals surface area (Å²) < 4.78 is 9.85. The van der Waals surface area contributed by atoms with Crippen molar-refractivity contribution in [3.63, 3.8) is 0 Å². The van der Waals surface area contributed by atoms with Crippen molar-refractivity contribution < 1.29 is 9.26 Å². The molecule has 0 spiro atoms. The molecule has 0 radical (unpaired) electrons. The highest BCUT2D eigenvalue weighted by atomic mass is 16.5. The van der Waals surface area contributed by atoms with Gasteiger partial charge in [0.05, 0.1) is 0 Å². The third-order valence-corrected chi connectivity index (χ3v) is 2.16. The van der Waals surface area contributed by atoms with Gasteiger partial charge in [-0.3, -0.25) is 9.51 Å². The van der Waals surface area contributed by atoms with Gasteiger partial charge in [-0.05, 0) is 19.8 Å². The third-order valence-electron chi connectivity index (χ3n) is 2.16. The summed E-state index contributed by atoms with van der Waals surface area (Å²) in [6.07, 6.45) is 1.86. The Morgan fingerprint density at radius 1 is 1.67 bits per heavy atom. The maximum Gasteiger partial charge on any atom is 0.439 e. The summed E-state index contributed by atoms with van der Waals surface area (Å²) in [5.41, 5.74) is -0.452. The van der Waals surface area contributed by atoms with E-state index in [2.05, 4.69) is 14.7 Å². The predicted octanol–water partition coefficient (Wildman–Crippen LogP) is 0.388. The normalized spacial score (nSPS) is 29.4. The van der Waals surface area contributed by atoms with Crippen LogP contribution in [0.15, 0.2) is 9.32 Å². The topological polar surface area (TPSA) is 68.1 Å². The molecule has 0 saturated carbocycles. The van der Waals surface area contributed by atoms with Gasteiger partial charge in [-0.1, -0.05) is 5.16 Å². The highest BCUT2D eigenvalue weighted by Gasteiger charge is 2.35. The summed E-state index contributed by atoms with van der Waals surface area (Å²) >= 11 is 0. The van der Waals surface area contributed by atoms with E-state index < -0.39 is 11.4 Å². The quantitative estimate of drug-likeness (QED) is 0.661. The van der Waals surface area contributed by atoms with Crippen LogP contribution >= 0.6 is 0 Å². The number of nitrogens with zero attached hydrogens (tertiary/aromatic N) is 1. The van der Waals surface area contributed by atoms with Crippen molar-refractivity contribution in [2.75, 3.05) is 6.61 Å². The van der Waals surface area contributed by atoms with E-state index in [1.54, 1.807) is 0 Å². The number of rotatable bonds is 1. The monoisotopic (exact) mass is 170 g/mol. The molecule has 1 saturated heterocycles. The second kappa shape index (κ2) is 2.45. The van der Waals surface area contributed by atoms with Gasteiger partial charge in [-0.2, -0.15) is 0 Å². The lowest BCUT2D eigenvalue weighted by molar-refractivity contribution is 0.00768. The van der Waals surface area contributed by atoms with Crippen LogP contribution in [0.3, 0.4) is 0 Å². The van der Waals surface area contributed by atoms with Gasteiger partial charge in [-0.15, -0.1) is 0 Å². The molecule has 0 aliphatic carbocycles. The van der Waals surface area contributed by atoms with Gasteiger partial charge in [0.25, 0.3) is 0 Å². The molecule has 1 aromatic rings. The Labute approximate surface area is 68.7 Å². The Morgan fingerprint density at radius 2 is 2.50 bits per heavy atom. The molecule has 5 nitrogen and oxygen atoms in total. The summed E-state index contributed by atoms with van der Waals surface area (Å²) in [4.78, 5) is 13.1. The molecule has 1 aliphatic heterocycles. The molecule has 0 aromatic carbocycles. The molecule has 12 heavy (non-hydrogen) atoms. The molecule has 1 aliphatic rings. The number of hydrogen-bond donors (Lipinski definition) is 1. The van der Waals surface area contributed by atoms with Crippen LogP contribution in [0.25, 0.3) is 0 Å². The molecule has 0 bridgehead atoms. The maximum absolute atomic E-state index is 10.6. The van der Waals surface area contributed by atoms with E-state index >= 15 is 0 Å². The minimum atomic E-state index is -0.526. The zero-order chi connectivity index (χ0) is 8.60. The lowest BCUT2D eigenvalue weighted by atomic mass is 10.0. The summed E-state index contributed by atoms with van der Waals surface area (Å²) in [6, 6.07) is 0. The standard InChI is InChI=1S/C7H10N2O3/c1-7(3-2-4-11-7)5-8-6(10)12-9-5/h2-4H2,1H3,(H,8,9,10). The SMILES string of the molecule is CC1(c2noc(=O)[nH]2)CCCO1. The zero-order valence-corrected chi connectivity index (χ0v) is 6.79. The molecule has 66 valence electrons. The van der Waals surface area contributed by atoms with Crippen LogP contribution in [-0.2, 0) is 10.3 Å². The highest BCUT2D eigenvalue weighted by molar-refractivity contribution is 4.98. The van der Waals surface area contributed by atoms with Crippen LogP contribution in [0.5, 0.6) is 0 Å². The van der Waals surface area contributed by atoms with Crippen LogP contribution in [0.2, 0.25) is 0 Å². The number of aromatic nitrogens is 2. The average Bonchev–Trinajstić information content (AvgIpc) is 2.59. The minimum absolute atomic E-state index is 0.452. The van der Waals surface area contributed by atoms with Crippen LogP contribution < -0.4 is 5.76 Å². The maximum atomic E-state index is 10.6. The summed E-state index contributed by atoms with van der Waals surface area (Å²) in [6.45, 7) is 2.61. The molecular formula is C7H10N2O3. The lowest BCUT2D eigenvalue weighted by Crippen LogP contribution is -2.22. The fourth-order valence-electron chi connectivity index (χ4n) is 1.42. The van der Waals surface area contributed by atoms with Gasteiger partial charge in [0.2, 0.25) is 0 Å². The van der Waals surface area contributed by atoms with Crippen molar-refractivity contribution in [1.29, 1.82) is 0 Å². The van der Waals surface area contributed by atoms with Crippen molar-refractivity contribution in [2.24, 2.45) is 0 Å². The largest absolute Gasteiger partial charge is 0.439 e. The Bertz CT molecular complexity index is 321. The molecular weight excluding hydrogens is 160 g/mol. The third kappa shape index (κ3) is 1.06. The molecule has 5 heteroatoms.